The Morgan fingerprint density at radius 3 is 2.76 bits per heavy atom. The highest BCUT2D eigenvalue weighted by Gasteiger charge is 2.35. The summed E-state index contributed by atoms with van der Waals surface area (Å²) in [7, 11) is 2.05. The molecule has 0 radical (unpaired) electrons. The first kappa shape index (κ1) is 26.4. The van der Waals surface area contributed by atoms with Crippen molar-refractivity contribution in [3.63, 3.8) is 0 Å². The van der Waals surface area contributed by atoms with Crippen molar-refractivity contribution in [1.82, 2.24) is 14.1 Å². The largest absolute Gasteiger partial charge is 0.493 e. The number of aryl methyl sites for hydroxylation is 3. The third kappa shape index (κ3) is 4.44. The number of nitrogens with zero attached hydrogens (tertiary/aromatic N) is 4. The molecular formula is C35H34N4O3. The molecule has 7 heteroatoms. The van der Waals surface area contributed by atoms with E-state index in [0.717, 1.165) is 75.9 Å². The zero-order valence-electron chi connectivity index (χ0n) is 24.3. The van der Waals surface area contributed by atoms with Gasteiger partial charge in [-0.1, -0.05) is 24.6 Å². The van der Waals surface area contributed by atoms with Crippen LogP contribution < -0.4 is 4.74 Å². The average Bonchev–Trinajstić information content (AvgIpc) is 3.68. The molecule has 3 aromatic carbocycles. The van der Waals surface area contributed by atoms with E-state index in [1.54, 1.807) is 6.92 Å². The Morgan fingerprint density at radius 2 is 1.90 bits per heavy atom. The summed E-state index contributed by atoms with van der Waals surface area (Å²) in [6, 6.07) is 17.9. The summed E-state index contributed by atoms with van der Waals surface area (Å²) < 4.78 is 10.6. The molecule has 212 valence electrons. The fourth-order valence-corrected chi connectivity index (χ4v) is 6.70. The van der Waals surface area contributed by atoms with Gasteiger partial charge in [-0.2, -0.15) is 0 Å². The van der Waals surface area contributed by atoms with Crippen LogP contribution in [0.15, 0.2) is 65.8 Å². The first-order chi connectivity index (χ1) is 20.4. The van der Waals surface area contributed by atoms with Crippen LogP contribution in [0.3, 0.4) is 0 Å². The fourth-order valence-electron chi connectivity index (χ4n) is 6.70. The SMILES string of the molecule is CC(=O)c1ccc2nc(-c3cn(C)c4ccccc34)n(CCCOc3cc4c(cc3C)C(=O)C3CCC[C@H]3C=N4)c2c1. The van der Waals surface area contributed by atoms with Crippen molar-refractivity contribution in [3.8, 4) is 17.1 Å². The second-order valence-corrected chi connectivity index (χ2v) is 11.7. The van der Waals surface area contributed by atoms with Crippen LogP contribution >= 0.6 is 0 Å². The fraction of sp³-hybridized carbons (Fsp3) is 0.314. The van der Waals surface area contributed by atoms with Gasteiger partial charge in [0.25, 0.3) is 0 Å². The van der Waals surface area contributed by atoms with Crippen molar-refractivity contribution in [2.24, 2.45) is 23.9 Å². The predicted octanol–water partition coefficient (Wildman–Crippen LogP) is 7.49. The molecule has 1 aliphatic heterocycles. The lowest BCUT2D eigenvalue weighted by Gasteiger charge is -2.15. The van der Waals surface area contributed by atoms with Gasteiger partial charge >= 0.3 is 0 Å². The molecule has 0 amide bonds. The van der Waals surface area contributed by atoms with Crippen LogP contribution in [0, 0.1) is 18.8 Å². The van der Waals surface area contributed by atoms with Crippen LogP contribution in [0.4, 0.5) is 5.69 Å². The Bertz CT molecular complexity index is 1910. The molecule has 7 nitrogen and oxygen atoms in total. The van der Waals surface area contributed by atoms with Crippen LogP contribution in [-0.2, 0) is 13.6 Å². The molecule has 2 atom stereocenters. The van der Waals surface area contributed by atoms with E-state index in [1.807, 2.05) is 62.7 Å². The van der Waals surface area contributed by atoms with Gasteiger partial charge in [0.1, 0.15) is 11.6 Å². The number of imidazole rings is 1. The van der Waals surface area contributed by atoms with Gasteiger partial charge in [0.15, 0.2) is 11.6 Å². The van der Waals surface area contributed by atoms with Crippen molar-refractivity contribution in [1.29, 1.82) is 0 Å². The molecule has 3 heterocycles. The molecule has 5 aromatic rings. The van der Waals surface area contributed by atoms with Crippen LogP contribution in [0.25, 0.3) is 33.3 Å². The lowest BCUT2D eigenvalue weighted by Crippen LogP contribution is -2.18. The second kappa shape index (κ2) is 10.4. The summed E-state index contributed by atoms with van der Waals surface area (Å²) in [6.07, 6.45) is 7.91. The zero-order chi connectivity index (χ0) is 29.0. The average molecular weight is 559 g/mol. The van der Waals surface area contributed by atoms with Gasteiger partial charge in [0.05, 0.1) is 23.3 Å². The standard InChI is InChI=1S/C35H34N4O3/c1-21-16-27-30(36-19-24-8-6-10-25(24)34(27)41)18-33(21)42-15-7-14-39-32-17-23(22(2)40)12-13-29(32)37-35(39)28-20-38(3)31-11-5-4-9-26(28)31/h4-5,9,11-13,16-20,24-25H,6-8,10,14-15H2,1-3H3/t24-,25?/m0/s1. The number of carbonyl (C=O) groups is 2. The lowest BCUT2D eigenvalue weighted by molar-refractivity contribution is 0.0911. The summed E-state index contributed by atoms with van der Waals surface area (Å²) in [5, 5.41) is 1.14. The second-order valence-electron chi connectivity index (χ2n) is 11.7. The van der Waals surface area contributed by atoms with Gasteiger partial charge in [-0.25, -0.2) is 4.98 Å². The number of aliphatic imine (C=N–C) groups is 1. The number of ketones is 2. The van der Waals surface area contributed by atoms with Gasteiger partial charge in [0, 0.05) is 71.5 Å². The first-order valence-electron chi connectivity index (χ1n) is 14.8. The number of Topliss-reactive ketones (excluding diaryl/α,β-unsaturated/α-hetero) is 2. The van der Waals surface area contributed by atoms with Crippen molar-refractivity contribution in [2.45, 2.75) is 46.1 Å². The maximum Gasteiger partial charge on any atom is 0.168 e. The van der Waals surface area contributed by atoms with E-state index in [2.05, 4.69) is 27.5 Å². The molecule has 0 saturated heterocycles. The van der Waals surface area contributed by atoms with E-state index in [9.17, 15) is 9.59 Å². The van der Waals surface area contributed by atoms with E-state index >= 15 is 0 Å². The monoisotopic (exact) mass is 558 g/mol. The maximum atomic E-state index is 13.2. The molecule has 0 N–H and O–H groups in total. The summed E-state index contributed by atoms with van der Waals surface area (Å²) in [5.41, 5.74) is 7.05. The normalized spacial score (nSPS) is 17.9. The van der Waals surface area contributed by atoms with Crippen LogP contribution in [0.1, 0.15) is 58.9 Å². The summed E-state index contributed by atoms with van der Waals surface area (Å²) in [5.74, 6) is 2.20. The van der Waals surface area contributed by atoms with Crippen LogP contribution in [0.5, 0.6) is 5.75 Å². The van der Waals surface area contributed by atoms with E-state index < -0.39 is 0 Å². The van der Waals surface area contributed by atoms with Gasteiger partial charge in [-0.3, -0.25) is 14.6 Å². The lowest BCUT2D eigenvalue weighted by atomic mass is 9.89. The number of aromatic nitrogens is 3. The highest BCUT2D eigenvalue weighted by molar-refractivity contribution is 6.06. The molecule has 7 rings (SSSR count). The number of carbonyl (C=O) groups excluding carboxylic acids is 2. The van der Waals surface area contributed by atoms with E-state index in [4.69, 9.17) is 14.7 Å². The van der Waals surface area contributed by atoms with Crippen LogP contribution in [0.2, 0.25) is 0 Å². The molecule has 2 aliphatic rings. The van der Waals surface area contributed by atoms with Crippen molar-refractivity contribution < 1.29 is 14.3 Å². The van der Waals surface area contributed by atoms with Crippen molar-refractivity contribution in [3.05, 3.63) is 77.5 Å². The minimum atomic E-state index is 0.0307. The van der Waals surface area contributed by atoms with E-state index in [1.165, 1.54) is 0 Å². The first-order valence-corrected chi connectivity index (χ1v) is 14.8. The molecule has 2 aromatic heterocycles. The Labute approximate surface area is 244 Å². The quantitative estimate of drug-likeness (QED) is 0.153. The third-order valence-electron chi connectivity index (χ3n) is 8.95. The number of fused-ring (bicyclic) bond motifs is 4. The van der Waals surface area contributed by atoms with Gasteiger partial charge < -0.3 is 13.9 Å². The number of hydrogen-bond donors (Lipinski definition) is 0. The number of benzene rings is 3. The Morgan fingerprint density at radius 1 is 1.05 bits per heavy atom. The summed E-state index contributed by atoms with van der Waals surface area (Å²) in [6.45, 7) is 4.74. The third-order valence-corrected chi connectivity index (χ3v) is 8.95. The molecule has 1 unspecified atom stereocenters. The Hall–Kier alpha value is -4.52. The topological polar surface area (TPSA) is 78.5 Å². The predicted molar refractivity (Wildman–Crippen MR) is 166 cm³/mol. The van der Waals surface area contributed by atoms with Gasteiger partial charge in [-0.15, -0.1) is 0 Å². The highest BCUT2D eigenvalue weighted by Crippen LogP contribution is 2.40. The summed E-state index contributed by atoms with van der Waals surface area (Å²) in [4.78, 5) is 35.2. The molecule has 0 spiro atoms. The van der Waals surface area contributed by atoms with Crippen molar-refractivity contribution >= 4 is 45.4 Å². The summed E-state index contributed by atoms with van der Waals surface area (Å²) >= 11 is 0. The maximum absolute atomic E-state index is 13.2. The Balaban J connectivity index is 1.17. The minimum Gasteiger partial charge on any atom is -0.493 e. The number of hydrogen-bond acceptors (Lipinski definition) is 5. The Kier molecular flexibility index (Phi) is 6.53. The smallest absolute Gasteiger partial charge is 0.168 e. The van der Waals surface area contributed by atoms with Crippen LogP contribution in [-0.4, -0.2) is 38.5 Å². The number of rotatable bonds is 7. The minimum absolute atomic E-state index is 0.0307. The zero-order valence-corrected chi connectivity index (χ0v) is 24.3. The van der Waals surface area contributed by atoms with E-state index in [0.29, 0.717) is 24.4 Å². The molecule has 1 fully saturated rings. The van der Waals surface area contributed by atoms with Gasteiger partial charge in [0.2, 0.25) is 0 Å². The molecule has 1 saturated carbocycles. The molecule has 0 bridgehead atoms. The number of para-hydroxylation sites is 1. The number of ether oxygens (including phenoxy) is 1. The molecule has 42 heavy (non-hydrogen) atoms. The molecular weight excluding hydrogens is 524 g/mol. The van der Waals surface area contributed by atoms with Crippen molar-refractivity contribution in [2.75, 3.05) is 6.61 Å². The van der Waals surface area contributed by atoms with E-state index in [-0.39, 0.29) is 23.4 Å². The highest BCUT2D eigenvalue weighted by atomic mass is 16.5. The molecule has 1 aliphatic carbocycles. The van der Waals surface area contributed by atoms with Gasteiger partial charge in [-0.05, 0) is 69.0 Å².